The summed E-state index contributed by atoms with van der Waals surface area (Å²) in [4.78, 5) is 33.8. The first-order valence-corrected chi connectivity index (χ1v) is 9.28. The minimum absolute atomic E-state index is 0.180. The van der Waals surface area contributed by atoms with Gasteiger partial charge < -0.3 is 15.1 Å². The quantitative estimate of drug-likeness (QED) is 0.728. The van der Waals surface area contributed by atoms with Gasteiger partial charge in [0.05, 0.1) is 5.69 Å². The average Bonchev–Trinajstić information content (AvgIpc) is 2.75. The number of rotatable bonds is 4. The lowest BCUT2D eigenvalue weighted by Crippen LogP contribution is -2.49. The number of carbonyl (C=O) groups is 1. The van der Waals surface area contributed by atoms with Gasteiger partial charge in [-0.05, 0) is 25.1 Å². The molecule has 148 valence electrons. The zero-order valence-electron chi connectivity index (χ0n) is 15.9. The van der Waals surface area contributed by atoms with E-state index in [2.05, 4.69) is 25.3 Å². The van der Waals surface area contributed by atoms with E-state index < -0.39 is 5.82 Å². The Labute approximate surface area is 167 Å². The summed E-state index contributed by atoms with van der Waals surface area (Å²) in [6.07, 6.45) is 3.40. The Balaban J connectivity index is 1.46. The van der Waals surface area contributed by atoms with Crippen molar-refractivity contribution in [1.82, 2.24) is 24.8 Å². The molecule has 9 heteroatoms. The van der Waals surface area contributed by atoms with Crippen molar-refractivity contribution in [2.24, 2.45) is 0 Å². The van der Waals surface area contributed by atoms with Crippen LogP contribution in [0.5, 0.6) is 0 Å². The number of nitrogens with zero attached hydrogens (tertiary/aromatic N) is 6. The first-order chi connectivity index (χ1) is 14.1. The summed E-state index contributed by atoms with van der Waals surface area (Å²) < 4.78 is 13.9. The molecule has 1 N–H and O–H groups in total. The van der Waals surface area contributed by atoms with Crippen LogP contribution in [0.2, 0.25) is 0 Å². The SMILES string of the molecule is Cc1nc(Nc2ccccc2F)cc(C(=O)N2CCN(c3ncccn3)CC2)n1. The lowest BCUT2D eigenvalue weighted by atomic mass is 10.2. The van der Waals surface area contributed by atoms with Crippen LogP contribution in [0.1, 0.15) is 16.3 Å². The zero-order valence-corrected chi connectivity index (χ0v) is 15.9. The van der Waals surface area contributed by atoms with Crippen LogP contribution >= 0.6 is 0 Å². The summed E-state index contributed by atoms with van der Waals surface area (Å²) in [6.45, 7) is 4.06. The van der Waals surface area contributed by atoms with Gasteiger partial charge in [0.25, 0.3) is 5.91 Å². The van der Waals surface area contributed by atoms with Crippen molar-refractivity contribution in [3.05, 3.63) is 66.1 Å². The molecule has 8 nitrogen and oxygen atoms in total. The molecule has 0 unspecified atom stereocenters. The molecule has 0 bridgehead atoms. The number of anilines is 3. The van der Waals surface area contributed by atoms with Crippen LogP contribution in [0.25, 0.3) is 0 Å². The van der Waals surface area contributed by atoms with Crippen molar-refractivity contribution in [2.45, 2.75) is 6.92 Å². The second-order valence-corrected chi connectivity index (χ2v) is 6.62. The van der Waals surface area contributed by atoms with Crippen molar-refractivity contribution in [3.8, 4) is 0 Å². The zero-order chi connectivity index (χ0) is 20.2. The molecule has 0 atom stereocenters. The lowest BCUT2D eigenvalue weighted by Gasteiger charge is -2.34. The van der Waals surface area contributed by atoms with E-state index in [1.807, 2.05) is 4.90 Å². The predicted octanol–water partition coefficient (Wildman–Crippen LogP) is 2.42. The van der Waals surface area contributed by atoms with Gasteiger partial charge in [-0.3, -0.25) is 4.79 Å². The van der Waals surface area contributed by atoms with E-state index >= 15 is 0 Å². The Bertz CT molecular complexity index is 1010. The molecule has 1 amide bonds. The lowest BCUT2D eigenvalue weighted by molar-refractivity contribution is 0.0740. The predicted molar refractivity (Wildman–Crippen MR) is 107 cm³/mol. The van der Waals surface area contributed by atoms with Crippen molar-refractivity contribution in [2.75, 3.05) is 36.4 Å². The summed E-state index contributed by atoms with van der Waals surface area (Å²) in [6, 6.07) is 9.63. The molecule has 0 aliphatic carbocycles. The maximum Gasteiger partial charge on any atom is 0.272 e. The molecule has 3 aromatic rings. The Kier molecular flexibility index (Phi) is 5.28. The smallest absolute Gasteiger partial charge is 0.272 e. The number of aryl methyl sites for hydroxylation is 1. The van der Waals surface area contributed by atoms with Gasteiger partial charge >= 0.3 is 0 Å². The molecule has 1 fully saturated rings. The minimum Gasteiger partial charge on any atom is -0.338 e. The maximum absolute atomic E-state index is 13.9. The molecule has 1 aliphatic rings. The third kappa shape index (κ3) is 4.29. The largest absolute Gasteiger partial charge is 0.338 e. The number of benzene rings is 1. The number of carbonyl (C=O) groups excluding carboxylic acids is 1. The molecule has 29 heavy (non-hydrogen) atoms. The third-order valence-electron chi connectivity index (χ3n) is 4.60. The number of aromatic nitrogens is 4. The monoisotopic (exact) mass is 393 g/mol. The van der Waals surface area contributed by atoms with Gasteiger partial charge in [0.1, 0.15) is 23.2 Å². The molecule has 0 radical (unpaired) electrons. The van der Waals surface area contributed by atoms with Crippen molar-refractivity contribution in [3.63, 3.8) is 0 Å². The third-order valence-corrected chi connectivity index (χ3v) is 4.60. The van der Waals surface area contributed by atoms with Crippen LogP contribution < -0.4 is 10.2 Å². The van der Waals surface area contributed by atoms with Crippen molar-refractivity contribution >= 4 is 23.4 Å². The fourth-order valence-electron chi connectivity index (χ4n) is 3.17. The second kappa shape index (κ2) is 8.17. The molecular weight excluding hydrogens is 373 g/mol. The van der Waals surface area contributed by atoms with Crippen molar-refractivity contribution < 1.29 is 9.18 Å². The Hall–Kier alpha value is -3.62. The Morgan fingerprint density at radius 2 is 1.76 bits per heavy atom. The summed E-state index contributed by atoms with van der Waals surface area (Å²) in [5.74, 6) is 0.902. The normalized spacial score (nSPS) is 14.0. The van der Waals surface area contributed by atoms with Crippen molar-refractivity contribution in [1.29, 1.82) is 0 Å². The van der Waals surface area contributed by atoms with Crippen LogP contribution in [0, 0.1) is 12.7 Å². The van der Waals surface area contributed by atoms with E-state index in [0.717, 1.165) is 0 Å². The van der Waals surface area contributed by atoms with Gasteiger partial charge in [-0.1, -0.05) is 12.1 Å². The molecule has 0 spiro atoms. The first kappa shape index (κ1) is 18.7. The van der Waals surface area contributed by atoms with Gasteiger partial charge in [0.2, 0.25) is 5.95 Å². The Morgan fingerprint density at radius 1 is 1.03 bits per heavy atom. The number of para-hydroxylation sites is 1. The molecule has 1 aromatic carbocycles. The number of hydrogen-bond acceptors (Lipinski definition) is 7. The topological polar surface area (TPSA) is 87.1 Å². The van der Waals surface area contributed by atoms with E-state index in [9.17, 15) is 9.18 Å². The second-order valence-electron chi connectivity index (χ2n) is 6.62. The fraction of sp³-hybridized carbons (Fsp3) is 0.250. The molecule has 1 aliphatic heterocycles. The van der Waals surface area contributed by atoms with E-state index in [0.29, 0.717) is 49.5 Å². The molecule has 0 saturated carbocycles. The maximum atomic E-state index is 13.9. The molecule has 3 heterocycles. The van der Waals surface area contributed by atoms with Crippen LogP contribution in [0.15, 0.2) is 48.8 Å². The van der Waals surface area contributed by atoms with Gasteiger partial charge in [-0.15, -0.1) is 0 Å². The molecule has 1 saturated heterocycles. The highest BCUT2D eigenvalue weighted by atomic mass is 19.1. The number of amides is 1. The minimum atomic E-state index is -0.393. The number of halogens is 1. The summed E-state index contributed by atoms with van der Waals surface area (Å²) >= 11 is 0. The highest BCUT2D eigenvalue weighted by Gasteiger charge is 2.24. The summed E-state index contributed by atoms with van der Waals surface area (Å²) in [5.41, 5.74) is 0.571. The number of nitrogens with one attached hydrogen (secondary N) is 1. The fourth-order valence-corrected chi connectivity index (χ4v) is 3.17. The molecule has 4 rings (SSSR count). The van der Waals surface area contributed by atoms with Gasteiger partial charge in [0, 0.05) is 44.6 Å². The number of hydrogen-bond donors (Lipinski definition) is 1. The summed E-state index contributed by atoms with van der Waals surface area (Å²) in [5, 5.41) is 2.92. The van der Waals surface area contributed by atoms with E-state index in [1.165, 1.54) is 6.07 Å². The molecular formula is C20H20FN7O. The van der Waals surface area contributed by atoms with Gasteiger partial charge in [-0.25, -0.2) is 24.3 Å². The van der Waals surface area contributed by atoms with Crippen LogP contribution in [0.3, 0.4) is 0 Å². The highest BCUT2D eigenvalue weighted by molar-refractivity contribution is 5.93. The first-order valence-electron chi connectivity index (χ1n) is 9.28. The van der Waals surface area contributed by atoms with Crippen LogP contribution in [-0.4, -0.2) is 56.9 Å². The van der Waals surface area contributed by atoms with Gasteiger partial charge in [0.15, 0.2) is 0 Å². The van der Waals surface area contributed by atoms with E-state index in [1.54, 1.807) is 54.5 Å². The van der Waals surface area contributed by atoms with Gasteiger partial charge in [-0.2, -0.15) is 0 Å². The standard InChI is InChI=1S/C20H20FN7O/c1-14-24-17(13-18(25-14)26-16-6-3-2-5-15(16)21)19(29)27-9-11-28(12-10-27)20-22-7-4-8-23-20/h2-8,13H,9-12H2,1H3,(H,24,25,26). The summed E-state index contributed by atoms with van der Waals surface area (Å²) in [7, 11) is 0. The van der Waals surface area contributed by atoms with E-state index in [-0.39, 0.29) is 11.6 Å². The van der Waals surface area contributed by atoms with Crippen LogP contribution in [0.4, 0.5) is 21.8 Å². The van der Waals surface area contributed by atoms with Crippen LogP contribution in [-0.2, 0) is 0 Å². The Morgan fingerprint density at radius 3 is 2.48 bits per heavy atom. The highest BCUT2D eigenvalue weighted by Crippen LogP contribution is 2.19. The number of piperazine rings is 1. The van der Waals surface area contributed by atoms with E-state index in [4.69, 9.17) is 0 Å². The molecule has 2 aromatic heterocycles. The average molecular weight is 393 g/mol.